The molecular formula is C18H22ClF3N6O. The van der Waals surface area contributed by atoms with Gasteiger partial charge in [0.15, 0.2) is 5.96 Å². The van der Waals surface area contributed by atoms with Crippen molar-refractivity contribution in [3.05, 3.63) is 40.8 Å². The van der Waals surface area contributed by atoms with Crippen molar-refractivity contribution in [2.45, 2.75) is 18.5 Å². The van der Waals surface area contributed by atoms with Crippen molar-refractivity contribution in [2.24, 2.45) is 12.0 Å². The van der Waals surface area contributed by atoms with Gasteiger partial charge in [-0.05, 0) is 18.1 Å². The first kappa shape index (κ1) is 21.2. The van der Waals surface area contributed by atoms with E-state index in [1.807, 2.05) is 19.4 Å². The summed E-state index contributed by atoms with van der Waals surface area (Å²) >= 11 is 5.84. The highest BCUT2D eigenvalue weighted by atomic mass is 35.5. The molecule has 29 heavy (non-hydrogen) atoms. The number of aromatic nitrogens is 3. The Balaban J connectivity index is 1.47. The van der Waals surface area contributed by atoms with Crippen LogP contribution in [0.25, 0.3) is 0 Å². The van der Waals surface area contributed by atoms with E-state index in [9.17, 15) is 13.2 Å². The smallest absolute Gasteiger partial charge is 0.417 e. The second-order valence-electron chi connectivity index (χ2n) is 6.71. The molecule has 0 aliphatic carbocycles. The molecule has 1 atom stereocenters. The number of aliphatic imine (C=N–C) groups is 1. The highest BCUT2D eigenvalue weighted by Gasteiger charge is 2.32. The molecule has 2 aromatic rings. The van der Waals surface area contributed by atoms with Crippen molar-refractivity contribution in [2.75, 3.05) is 33.3 Å². The minimum Gasteiger partial charge on any atom is -0.475 e. The molecular weight excluding hydrogens is 409 g/mol. The molecule has 2 aromatic heterocycles. The zero-order valence-electron chi connectivity index (χ0n) is 16.1. The van der Waals surface area contributed by atoms with Crippen molar-refractivity contribution in [1.29, 1.82) is 0 Å². The number of nitrogens with one attached hydrogen (secondary N) is 1. The van der Waals surface area contributed by atoms with Crippen LogP contribution in [0.2, 0.25) is 5.02 Å². The van der Waals surface area contributed by atoms with Crippen LogP contribution in [-0.2, 0) is 13.2 Å². The molecule has 3 rings (SSSR count). The summed E-state index contributed by atoms with van der Waals surface area (Å²) in [5, 5.41) is 7.24. The molecule has 0 amide bonds. The van der Waals surface area contributed by atoms with E-state index in [0.29, 0.717) is 18.7 Å². The Morgan fingerprint density at radius 3 is 2.83 bits per heavy atom. The number of guanidine groups is 1. The van der Waals surface area contributed by atoms with E-state index in [1.165, 1.54) is 5.56 Å². The van der Waals surface area contributed by atoms with Crippen molar-refractivity contribution >= 4 is 17.6 Å². The van der Waals surface area contributed by atoms with Crippen molar-refractivity contribution in [1.82, 2.24) is 25.0 Å². The van der Waals surface area contributed by atoms with Gasteiger partial charge < -0.3 is 15.0 Å². The summed E-state index contributed by atoms with van der Waals surface area (Å²) in [5.41, 5.74) is 0.294. The second kappa shape index (κ2) is 8.89. The topological polar surface area (TPSA) is 67.6 Å². The van der Waals surface area contributed by atoms with Crippen molar-refractivity contribution in [3.8, 4) is 5.88 Å². The number of ether oxygens (including phenoxy) is 1. The Morgan fingerprint density at radius 2 is 2.21 bits per heavy atom. The number of aryl methyl sites for hydroxylation is 1. The quantitative estimate of drug-likeness (QED) is 0.449. The molecule has 158 valence electrons. The Morgan fingerprint density at radius 1 is 1.41 bits per heavy atom. The van der Waals surface area contributed by atoms with Crippen LogP contribution in [-0.4, -0.2) is 58.9 Å². The molecule has 7 nitrogen and oxygen atoms in total. The standard InChI is InChI=1S/C18H22ClF3N6O/c1-23-17(28-5-3-12(11-28)13-8-26-27(2)10-13)24-4-6-29-16-15(19)7-14(9-25-16)18(20,21)22/h7-10,12H,3-6,11H2,1-2H3,(H,23,24). The van der Waals surface area contributed by atoms with Gasteiger partial charge >= 0.3 is 6.18 Å². The summed E-state index contributed by atoms with van der Waals surface area (Å²) in [4.78, 5) is 10.1. The van der Waals surface area contributed by atoms with Crippen molar-refractivity contribution in [3.63, 3.8) is 0 Å². The molecule has 3 heterocycles. The molecule has 0 saturated carbocycles. The van der Waals surface area contributed by atoms with Gasteiger partial charge in [-0.3, -0.25) is 9.67 Å². The summed E-state index contributed by atoms with van der Waals surface area (Å²) in [7, 11) is 3.60. The van der Waals surface area contributed by atoms with Gasteiger partial charge in [0.25, 0.3) is 0 Å². The molecule has 1 aliphatic rings. The minimum absolute atomic E-state index is 0.0331. The van der Waals surface area contributed by atoms with E-state index >= 15 is 0 Å². The summed E-state index contributed by atoms with van der Waals surface area (Å²) in [6.45, 7) is 2.28. The minimum atomic E-state index is -4.49. The molecule has 0 bridgehead atoms. The van der Waals surface area contributed by atoms with E-state index in [4.69, 9.17) is 16.3 Å². The fourth-order valence-corrected chi connectivity index (χ4v) is 3.43. The lowest BCUT2D eigenvalue weighted by Gasteiger charge is -2.21. The number of halogens is 4. The maximum Gasteiger partial charge on any atom is 0.417 e. The van der Waals surface area contributed by atoms with Gasteiger partial charge in [0.05, 0.1) is 18.3 Å². The van der Waals surface area contributed by atoms with Crippen LogP contribution in [0.3, 0.4) is 0 Å². The summed E-state index contributed by atoms with van der Waals surface area (Å²) in [6.07, 6.45) is 1.13. The summed E-state index contributed by atoms with van der Waals surface area (Å²) < 4.78 is 45.1. The number of hydrogen-bond acceptors (Lipinski definition) is 4. The molecule has 11 heteroatoms. The van der Waals surface area contributed by atoms with Crippen LogP contribution in [0.5, 0.6) is 5.88 Å². The first-order chi connectivity index (χ1) is 13.8. The van der Waals surface area contributed by atoms with Crippen LogP contribution in [0.4, 0.5) is 13.2 Å². The number of pyridine rings is 1. The summed E-state index contributed by atoms with van der Waals surface area (Å²) in [6, 6.07) is 0.805. The molecule has 0 aromatic carbocycles. The van der Waals surface area contributed by atoms with Crippen LogP contribution < -0.4 is 10.1 Å². The molecule has 1 N–H and O–H groups in total. The molecule has 1 unspecified atom stereocenters. The summed E-state index contributed by atoms with van der Waals surface area (Å²) in [5.74, 6) is 1.11. The Hall–Kier alpha value is -2.49. The van der Waals surface area contributed by atoms with Crippen molar-refractivity contribution < 1.29 is 17.9 Å². The highest BCUT2D eigenvalue weighted by Crippen LogP contribution is 2.33. The molecule has 1 saturated heterocycles. The Labute approximate surface area is 171 Å². The van der Waals surface area contributed by atoms with E-state index in [0.717, 1.165) is 31.5 Å². The normalized spacial score (nSPS) is 17.7. The first-order valence-corrected chi connectivity index (χ1v) is 9.45. The lowest BCUT2D eigenvalue weighted by Crippen LogP contribution is -2.41. The van der Waals surface area contributed by atoms with Gasteiger partial charge in [0.1, 0.15) is 11.6 Å². The number of nitrogens with zero attached hydrogens (tertiary/aromatic N) is 5. The van der Waals surface area contributed by atoms with Crippen LogP contribution in [0.1, 0.15) is 23.5 Å². The second-order valence-corrected chi connectivity index (χ2v) is 7.12. The van der Waals surface area contributed by atoms with Gasteiger partial charge in [0, 0.05) is 45.5 Å². The van der Waals surface area contributed by atoms with Crippen LogP contribution in [0, 0.1) is 0 Å². The average Bonchev–Trinajstić information content (AvgIpc) is 3.31. The van der Waals surface area contributed by atoms with Gasteiger partial charge in [-0.1, -0.05) is 11.6 Å². The van der Waals surface area contributed by atoms with E-state index in [-0.39, 0.29) is 17.5 Å². The highest BCUT2D eigenvalue weighted by molar-refractivity contribution is 6.31. The Bertz CT molecular complexity index is 870. The largest absolute Gasteiger partial charge is 0.475 e. The lowest BCUT2D eigenvalue weighted by atomic mass is 10.0. The van der Waals surface area contributed by atoms with E-state index in [1.54, 1.807) is 11.7 Å². The molecule has 1 aliphatic heterocycles. The van der Waals surface area contributed by atoms with Gasteiger partial charge in [-0.25, -0.2) is 4.98 Å². The number of likely N-dealkylation sites (tertiary alicyclic amines) is 1. The Kier molecular flexibility index (Phi) is 6.51. The van der Waals surface area contributed by atoms with Gasteiger partial charge in [0.2, 0.25) is 5.88 Å². The first-order valence-electron chi connectivity index (χ1n) is 9.07. The third-order valence-electron chi connectivity index (χ3n) is 4.65. The lowest BCUT2D eigenvalue weighted by molar-refractivity contribution is -0.137. The predicted octanol–water partition coefficient (Wildman–Crippen LogP) is 2.93. The number of alkyl halides is 3. The number of rotatable bonds is 5. The zero-order chi connectivity index (χ0) is 21.0. The molecule has 1 fully saturated rings. The van der Waals surface area contributed by atoms with Crippen LogP contribution in [0.15, 0.2) is 29.6 Å². The predicted molar refractivity (Wildman–Crippen MR) is 103 cm³/mol. The monoisotopic (exact) mass is 430 g/mol. The third kappa shape index (κ3) is 5.31. The maximum atomic E-state index is 12.6. The van der Waals surface area contributed by atoms with Gasteiger partial charge in [-0.15, -0.1) is 0 Å². The molecule has 0 radical (unpaired) electrons. The maximum absolute atomic E-state index is 12.6. The fourth-order valence-electron chi connectivity index (χ4n) is 3.21. The SMILES string of the molecule is CN=C(NCCOc1ncc(C(F)(F)F)cc1Cl)N1CCC(c2cnn(C)c2)C1. The van der Waals surface area contributed by atoms with Gasteiger partial charge in [-0.2, -0.15) is 18.3 Å². The van der Waals surface area contributed by atoms with Crippen LogP contribution >= 0.6 is 11.6 Å². The zero-order valence-corrected chi connectivity index (χ0v) is 16.8. The number of hydrogen-bond donors (Lipinski definition) is 1. The average molecular weight is 431 g/mol. The van der Waals surface area contributed by atoms with E-state index < -0.39 is 11.7 Å². The molecule has 0 spiro atoms. The fraction of sp³-hybridized carbons (Fsp3) is 0.500. The van der Waals surface area contributed by atoms with E-state index in [2.05, 4.69) is 25.3 Å². The third-order valence-corrected chi connectivity index (χ3v) is 4.93.